The fourth-order valence-electron chi connectivity index (χ4n) is 2.87. The standard InChI is InChI=1S/C19H21N3O3/c1-12(13-7-8-16(24-3)17(10-13)25-4)21-19(23)15-11-22(2)18-14(15)6-5-9-20-18/h5-12H,1-4H3,(H,21,23)/t12-/m1/s1. The summed E-state index contributed by atoms with van der Waals surface area (Å²) >= 11 is 0. The van der Waals surface area contributed by atoms with E-state index in [0.717, 1.165) is 16.6 Å². The zero-order valence-corrected chi connectivity index (χ0v) is 14.7. The van der Waals surface area contributed by atoms with Crippen molar-refractivity contribution in [1.29, 1.82) is 0 Å². The number of amides is 1. The van der Waals surface area contributed by atoms with Crippen LogP contribution in [0.4, 0.5) is 0 Å². The third-order valence-corrected chi connectivity index (χ3v) is 4.23. The van der Waals surface area contributed by atoms with Gasteiger partial charge < -0.3 is 19.4 Å². The maximum atomic E-state index is 12.7. The van der Waals surface area contributed by atoms with E-state index in [0.29, 0.717) is 17.1 Å². The molecule has 1 aromatic carbocycles. The van der Waals surface area contributed by atoms with Crippen LogP contribution in [0.3, 0.4) is 0 Å². The van der Waals surface area contributed by atoms with E-state index in [1.807, 2.05) is 48.9 Å². The Labute approximate surface area is 146 Å². The Kier molecular flexibility index (Phi) is 4.61. The highest BCUT2D eigenvalue weighted by molar-refractivity contribution is 6.06. The van der Waals surface area contributed by atoms with Gasteiger partial charge in [-0.25, -0.2) is 4.98 Å². The number of ether oxygens (including phenoxy) is 2. The number of methoxy groups -OCH3 is 2. The van der Waals surface area contributed by atoms with Crippen molar-refractivity contribution in [3.63, 3.8) is 0 Å². The van der Waals surface area contributed by atoms with Gasteiger partial charge in [-0.05, 0) is 36.8 Å². The van der Waals surface area contributed by atoms with E-state index in [9.17, 15) is 4.79 Å². The SMILES string of the molecule is COc1ccc([C@@H](C)NC(=O)c2cn(C)c3ncccc23)cc1OC. The highest BCUT2D eigenvalue weighted by atomic mass is 16.5. The number of fused-ring (bicyclic) bond motifs is 1. The zero-order valence-electron chi connectivity index (χ0n) is 14.7. The van der Waals surface area contributed by atoms with Crippen LogP contribution in [-0.2, 0) is 7.05 Å². The smallest absolute Gasteiger partial charge is 0.253 e. The number of nitrogens with zero attached hydrogens (tertiary/aromatic N) is 2. The maximum absolute atomic E-state index is 12.7. The number of aromatic nitrogens is 2. The van der Waals surface area contributed by atoms with Crippen LogP contribution >= 0.6 is 0 Å². The number of aryl methyl sites for hydroxylation is 1. The molecule has 6 nitrogen and oxygen atoms in total. The lowest BCUT2D eigenvalue weighted by molar-refractivity contribution is 0.0941. The van der Waals surface area contributed by atoms with E-state index in [-0.39, 0.29) is 11.9 Å². The predicted molar refractivity (Wildman–Crippen MR) is 96.1 cm³/mol. The first kappa shape index (κ1) is 16.8. The topological polar surface area (TPSA) is 65.4 Å². The summed E-state index contributed by atoms with van der Waals surface area (Å²) in [6, 6.07) is 9.17. The van der Waals surface area contributed by atoms with Crippen molar-refractivity contribution in [2.24, 2.45) is 7.05 Å². The average Bonchev–Trinajstić information content (AvgIpc) is 2.98. The number of hydrogen-bond donors (Lipinski definition) is 1. The van der Waals surface area contributed by atoms with E-state index >= 15 is 0 Å². The van der Waals surface area contributed by atoms with E-state index in [1.54, 1.807) is 26.6 Å². The van der Waals surface area contributed by atoms with Crippen molar-refractivity contribution in [3.05, 3.63) is 53.9 Å². The van der Waals surface area contributed by atoms with E-state index in [4.69, 9.17) is 9.47 Å². The Bertz CT molecular complexity index is 917. The van der Waals surface area contributed by atoms with Gasteiger partial charge in [0, 0.05) is 24.8 Å². The van der Waals surface area contributed by atoms with Crippen LogP contribution in [-0.4, -0.2) is 29.7 Å². The number of hydrogen-bond acceptors (Lipinski definition) is 4. The van der Waals surface area contributed by atoms with Crippen LogP contribution in [0.5, 0.6) is 11.5 Å². The lowest BCUT2D eigenvalue weighted by Crippen LogP contribution is -2.26. The summed E-state index contributed by atoms with van der Waals surface area (Å²) < 4.78 is 12.4. The molecule has 130 valence electrons. The fourth-order valence-corrected chi connectivity index (χ4v) is 2.87. The molecule has 0 saturated carbocycles. The molecule has 6 heteroatoms. The summed E-state index contributed by atoms with van der Waals surface area (Å²) in [5.74, 6) is 1.15. The molecule has 0 saturated heterocycles. The third kappa shape index (κ3) is 3.15. The molecule has 1 amide bonds. The van der Waals surface area contributed by atoms with Gasteiger partial charge >= 0.3 is 0 Å². The van der Waals surface area contributed by atoms with E-state index < -0.39 is 0 Å². The Morgan fingerprint density at radius 3 is 2.68 bits per heavy atom. The first-order valence-corrected chi connectivity index (χ1v) is 7.98. The molecule has 0 bridgehead atoms. The predicted octanol–water partition coefficient (Wildman–Crippen LogP) is 3.08. The molecule has 0 aliphatic heterocycles. The molecule has 2 heterocycles. The van der Waals surface area contributed by atoms with Gasteiger partial charge in [0.15, 0.2) is 11.5 Å². The Morgan fingerprint density at radius 2 is 1.96 bits per heavy atom. The molecular formula is C19H21N3O3. The number of pyridine rings is 1. The Balaban J connectivity index is 1.85. The molecule has 3 aromatic rings. The first-order valence-electron chi connectivity index (χ1n) is 7.98. The average molecular weight is 339 g/mol. The molecule has 3 rings (SSSR count). The zero-order chi connectivity index (χ0) is 18.0. The van der Waals surface area contributed by atoms with Crippen molar-refractivity contribution < 1.29 is 14.3 Å². The second kappa shape index (κ2) is 6.84. The fraction of sp³-hybridized carbons (Fsp3) is 0.263. The molecule has 0 spiro atoms. The van der Waals surface area contributed by atoms with Crippen LogP contribution in [0.15, 0.2) is 42.7 Å². The van der Waals surface area contributed by atoms with Gasteiger partial charge in [0.1, 0.15) is 5.65 Å². The van der Waals surface area contributed by atoms with Crippen LogP contribution < -0.4 is 14.8 Å². The summed E-state index contributed by atoms with van der Waals surface area (Å²) in [5, 5.41) is 3.87. The molecule has 1 atom stereocenters. The number of carbonyl (C=O) groups is 1. The van der Waals surface area contributed by atoms with Crippen molar-refractivity contribution >= 4 is 16.9 Å². The van der Waals surface area contributed by atoms with Crippen LogP contribution in [0.25, 0.3) is 11.0 Å². The lowest BCUT2D eigenvalue weighted by atomic mass is 10.1. The quantitative estimate of drug-likeness (QED) is 0.776. The number of carbonyl (C=O) groups excluding carboxylic acids is 1. The van der Waals surface area contributed by atoms with Crippen molar-refractivity contribution in [2.45, 2.75) is 13.0 Å². The first-order chi connectivity index (χ1) is 12.0. The Morgan fingerprint density at radius 1 is 1.20 bits per heavy atom. The molecule has 25 heavy (non-hydrogen) atoms. The molecule has 2 aromatic heterocycles. The highest BCUT2D eigenvalue weighted by Crippen LogP contribution is 2.30. The minimum atomic E-state index is -0.181. The van der Waals surface area contributed by atoms with E-state index in [1.165, 1.54) is 0 Å². The molecule has 0 fully saturated rings. The summed E-state index contributed by atoms with van der Waals surface area (Å²) in [5.41, 5.74) is 2.33. The molecule has 0 radical (unpaired) electrons. The van der Waals surface area contributed by atoms with Gasteiger partial charge in [-0.3, -0.25) is 4.79 Å². The van der Waals surface area contributed by atoms with Gasteiger partial charge in [-0.15, -0.1) is 0 Å². The second-order valence-electron chi connectivity index (χ2n) is 5.84. The molecular weight excluding hydrogens is 318 g/mol. The minimum Gasteiger partial charge on any atom is -0.493 e. The minimum absolute atomic E-state index is 0.138. The van der Waals surface area contributed by atoms with Crippen LogP contribution in [0, 0.1) is 0 Å². The van der Waals surface area contributed by atoms with Gasteiger partial charge in [0.05, 0.1) is 25.8 Å². The molecule has 0 unspecified atom stereocenters. The third-order valence-electron chi connectivity index (χ3n) is 4.23. The van der Waals surface area contributed by atoms with Gasteiger partial charge in [-0.2, -0.15) is 0 Å². The van der Waals surface area contributed by atoms with Gasteiger partial charge in [-0.1, -0.05) is 6.07 Å². The monoisotopic (exact) mass is 339 g/mol. The maximum Gasteiger partial charge on any atom is 0.253 e. The molecule has 0 aliphatic rings. The largest absolute Gasteiger partial charge is 0.493 e. The number of rotatable bonds is 5. The van der Waals surface area contributed by atoms with Crippen molar-refractivity contribution in [1.82, 2.24) is 14.9 Å². The summed E-state index contributed by atoms with van der Waals surface area (Å²) in [6.07, 6.45) is 3.52. The van der Waals surface area contributed by atoms with Gasteiger partial charge in [0.25, 0.3) is 5.91 Å². The molecule has 0 aliphatic carbocycles. The van der Waals surface area contributed by atoms with Gasteiger partial charge in [0.2, 0.25) is 0 Å². The van der Waals surface area contributed by atoms with Crippen LogP contribution in [0.1, 0.15) is 28.9 Å². The van der Waals surface area contributed by atoms with Crippen molar-refractivity contribution in [3.8, 4) is 11.5 Å². The van der Waals surface area contributed by atoms with E-state index in [2.05, 4.69) is 10.3 Å². The summed E-state index contributed by atoms with van der Waals surface area (Å²) in [4.78, 5) is 17.0. The normalized spacial score (nSPS) is 12.0. The second-order valence-corrected chi connectivity index (χ2v) is 5.84. The number of benzene rings is 1. The number of nitrogens with one attached hydrogen (secondary N) is 1. The van der Waals surface area contributed by atoms with Crippen LogP contribution in [0.2, 0.25) is 0 Å². The molecule has 1 N–H and O–H groups in total. The van der Waals surface area contributed by atoms with Crippen molar-refractivity contribution in [2.75, 3.05) is 14.2 Å². The highest BCUT2D eigenvalue weighted by Gasteiger charge is 2.18. The summed E-state index contributed by atoms with van der Waals surface area (Å²) in [7, 11) is 5.06. The Hall–Kier alpha value is -3.02. The summed E-state index contributed by atoms with van der Waals surface area (Å²) in [6.45, 7) is 1.93. The lowest BCUT2D eigenvalue weighted by Gasteiger charge is -2.16.